The van der Waals surface area contributed by atoms with Crippen LogP contribution in [0.4, 0.5) is 0 Å². The number of ether oxygens (including phenoxy) is 1. The molecule has 1 saturated heterocycles. The average Bonchev–Trinajstić information content (AvgIpc) is 3.16. The van der Waals surface area contributed by atoms with Crippen LogP contribution < -0.4 is 4.74 Å². The number of likely N-dealkylation sites (tertiary alicyclic amines) is 1. The van der Waals surface area contributed by atoms with Crippen LogP contribution in [0.2, 0.25) is 0 Å². The lowest BCUT2D eigenvalue weighted by Gasteiger charge is -2.16. The number of thioether (sulfide) groups is 1. The van der Waals surface area contributed by atoms with Crippen molar-refractivity contribution >= 4 is 23.6 Å². The van der Waals surface area contributed by atoms with E-state index in [1.807, 2.05) is 24.3 Å². The molecule has 3 rings (SSSR count). The number of carbonyl (C=O) groups is 2. The fourth-order valence-electron chi connectivity index (χ4n) is 2.84. The molecule has 0 unspecified atom stereocenters. The van der Waals surface area contributed by atoms with E-state index in [0.717, 1.165) is 17.4 Å². The zero-order valence-electron chi connectivity index (χ0n) is 13.9. The molecular weight excluding hydrogens is 344 g/mol. The van der Waals surface area contributed by atoms with Crippen LogP contribution in [0.1, 0.15) is 18.2 Å². The third kappa shape index (κ3) is 3.46. The molecule has 1 aliphatic heterocycles. The highest BCUT2D eigenvalue weighted by Crippen LogP contribution is 2.34. The molecule has 1 aliphatic rings. The summed E-state index contributed by atoms with van der Waals surface area (Å²) in [5.41, 5.74) is 0.722. The third-order valence-electron chi connectivity index (χ3n) is 4.02. The smallest absolute Gasteiger partial charge is 0.313 e. The quantitative estimate of drug-likeness (QED) is 0.776. The fourth-order valence-corrected chi connectivity index (χ4v) is 3.51. The van der Waals surface area contributed by atoms with Crippen molar-refractivity contribution in [3.8, 4) is 11.4 Å². The first-order chi connectivity index (χ1) is 12.0. The van der Waals surface area contributed by atoms with Crippen molar-refractivity contribution in [3.05, 3.63) is 30.1 Å². The van der Waals surface area contributed by atoms with Gasteiger partial charge in [0.25, 0.3) is 0 Å². The number of nitrogens with zero attached hydrogens (tertiary/aromatic N) is 4. The number of benzene rings is 1. The van der Waals surface area contributed by atoms with Crippen molar-refractivity contribution in [2.75, 3.05) is 26.5 Å². The molecule has 8 nitrogen and oxygen atoms in total. The molecule has 0 aliphatic carbocycles. The first-order valence-corrected chi connectivity index (χ1v) is 8.67. The Kier molecular flexibility index (Phi) is 4.93. The van der Waals surface area contributed by atoms with Crippen molar-refractivity contribution in [1.82, 2.24) is 19.7 Å². The molecule has 132 valence electrons. The molecule has 1 fully saturated rings. The van der Waals surface area contributed by atoms with E-state index in [9.17, 15) is 9.59 Å². The van der Waals surface area contributed by atoms with Gasteiger partial charge >= 0.3 is 5.97 Å². The van der Waals surface area contributed by atoms with Crippen LogP contribution in [-0.2, 0) is 9.59 Å². The van der Waals surface area contributed by atoms with Gasteiger partial charge in [0.05, 0.1) is 18.6 Å². The lowest BCUT2D eigenvalue weighted by atomic mass is 10.1. The average molecular weight is 362 g/mol. The molecule has 0 bridgehead atoms. The topological polar surface area (TPSA) is 97.5 Å². The Morgan fingerprint density at radius 3 is 2.80 bits per heavy atom. The van der Waals surface area contributed by atoms with E-state index in [2.05, 4.69) is 10.2 Å². The van der Waals surface area contributed by atoms with E-state index in [0.29, 0.717) is 29.7 Å². The standard InChI is InChI=1S/C16H18N4O4S/c1-19-8-10(7-13(19)21)15-17-18-16(25-9-14(22)23)20(15)11-5-3-4-6-12(11)24-2/h3-6,10H,7-9H2,1-2H3,(H,22,23)/t10-/m0/s1. The number of carbonyl (C=O) groups excluding carboxylic acids is 1. The van der Waals surface area contributed by atoms with E-state index < -0.39 is 5.97 Å². The summed E-state index contributed by atoms with van der Waals surface area (Å²) in [4.78, 5) is 24.5. The lowest BCUT2D eigenvalue weighted by molar-refractivity contribution is -0.134. The van der Waals surface area contributed by atoms with Gasteiger partial charge in [-0.15, -0.1) is 10.2 Å². The highest BCUT2D eigenvalue weighted by Gasteiger charge is 2.33. The Morgan fingerprint density at radius 2 is 2.16 bits per heavy atom. The second kappa shape index (κ2) is 7.14. The monoisotopic (exact) mass is 362 g/mol. The number of hydrogen-bond donors (Lipinski definition) is 1. The number of carboxylic acid groups (broad SMARTS) is 1. The first kappa shape index (κ1) is 17.3. The Morgan fingerprint density at radius 1 is 1.40 bits per heavy atom. The van der Waals surface area contributed by atoms with Crippen LogP contribution >= 0.6 is 11.8 Å². The summed E-state index contributed by atoms with van der Waals surface area (Å²) in [5.74, 6) is 0.148. The number of amides is 1. The van der Waals surface area contributed by atoms with Gasteiger partial charge in [0.15, 0.2) is 5.16 Å². The number of aromatic nitrogens is 3. The molecule has 25 heavy (non-hydrogen) atoms. The Bertz CT molecular complexity index is 807. The summed E-state index contributed by atoms with van der Waals surface area (Å²) in [6.07, 6.45) is 0.355. The number of rotatable bonds is 6. The molecular formula is C16H18N4O4S. The Balaban J connectivity index is 2.07. The normalized spacial score (nSPS) is 17.1. The molecule has 1 aromatic heterocycles. The van der Waals surface area contributed by atoms with Gasteiger partial charge in [0.2, 0.25) is 5.91 Å². The Labute approximate surface area is 148 Å². The summed E-state index contributed by atoms with van der Waals surface area (Å²) < 4.78 is 7.23. The van der Waals surface area contributed by atoms with Crippen LogP contribution in [0.15, 0.2) is 29.4 Å². The number of carboxylic acids is 1. The maximum atomic E-state index is 11.9. The van der Waals surface area contributed by atoms with Crippen molar-refractivity contribution in [3.63, 3.8) is 0 Å². The van der Waals surface area contributed by atoms with Crippen LogP contribution in [0.5, 0.6) is 5.75 Å². The molecule has 0 radical (unpaired) electrons. The summed E-state index contributed by atoms with van der Waals surface area (Å²) >= 11 is 1.09. The minimum absolute atomic E-state index is 0.0549. The molecule has 1 amide bonds. The molecule has 2 heterocycles. The summed E-state index contributed by atoms with van der Waals surface area (Å²) in [7, 11) is 3.33. The van der Waals surface area contributed by atoms with Crippen LogP contribution in [0.25, 0.3) is 5.69 Å². The SMILES string of the molecule is COc1ccccc1-n1c(SCC(=O)O)nnc1[C@H]1CC(=O)N(C)C1. The van der Waals surface area contributed by atoms with Crippen LogP contribution in [0, 0.1) is 0 Å². The second-order valence-corrected chi connectivity index (χ2v) is 6.65. The van der Waals surface area contributed by atoms with Gasteiger partial charge in [0, 0.05) is 25.9 Å². The molecule has 1 N–H and O–H groups in total. The minimum Gasteiger partial charge on any atom is -0.495 e. The minimum atomic E-state index is -0.933. The number of likely N-dealkylation sites (N-methyl/N-ethyl adjacent to an activating group) is 1. The summed E-state index contributed by atoms with van der Waals surface area (Å²) in [5, 5.41) is 17.9. The number of aliphatic carboxylic acids is 1. The Hall–Kier alpha value is -2.55. The van der Waals surface area contributed by atoms with Gasteiger partial charge < -0.3 is 14.7 Å². The number of methoxy groups -OCH3 is 1. The van der Waals surface area contributed by atoms with Gasteiger partial charge in [-0.2, -0.15) is 0 Å². The van der Waals surface area contributed by atoms with Gasteiger partial charge in [-0.1, -0.05) is 23.9 Å². The molecule has 9 heteroatoms. The second-order valence-electron chi connectivity index (χ2n) is 5.71. The zero-order chi connectivity index (χ0) is 18.0. The van der Waals surface area contributed by atoms with E-state index in [-0.39, 0.29) is 17.6 Å². The van der Waals surface area contributed by atoms with Crippen molar-refractivity contribution in [2.24, 2.45) is 0 Å². The number of para-hydroxylation sites is 2. The summed E-state index contributed by atoms with van der Waals surface area (Å²) in [6, 6.07) is 7.39. The lowest BCUT2D eigenvalue weighted by Crippen LogP contribution is -2.19. The largest absolute Gasteiger partial charge is 0.495 e. The predicted molar refractivity (Wildman–Crippen MR) is 91.3 cm³/mol. The van der Waals surface area contributed by atoms with Crippen molar-refractivity contribution in [1.29, 1.82) is 0 Å². The molecule has 0 saturated carbocycles. The number of hydrogen-bond acceptors (Lipinski definition) is 6. The predicted octanol–water partition coefficient (Wildman–Crippen LogP) is 1.40. The van der Waals surface area contributed by atoms with Gasteiger partial charge in [-0.25, -0.2) is 0 Å². The van der Waals surface area contributed by atoms with Crippen LogP contribution in [0.3, 0.4) is 0 Å². The molecule has 0 spiro atoms. The molecule has 2 aromatic rings. The van der Waals surface area contributed by atoms with E-state index in [1.54, 1.807) is 23.6 Å². The first-order valence-electron chi connectivity index (χ1n) is 7.68. The van der Waals surface area contributed by atoms with Crippen molar-refractivity contribution in [2.45, 2.75) is 17.5 Å². The van der Waals surface area contributed by atoms with E-state index in [4.69, 9.17) is 9.84 Å². The van der Waals surface area contributed by atoms with Gasteiger partial charge in [-0.05, 0) is 12.1 Å². The van der Waals surface area contributed by atoms with E-state index >= 15 is 0 Å². The van der Waals surface area contributed by atoms with Crippen LogP contribution in [-0.4, -0.2) is 63.1 Å². The van der Waals surface area contributed by atoms with Crippen molar-refractivity contribution < 1.29 is 19.4 Å². The van der Waals surface area contributed by atoms with Gasteiger partial charge in [-0.3, -0.25) is 14.2 Å². The highest BCUT2D eigenvalue weighted by molar-refractivity contribution is 7.99. The van der Waals surface area contributed by atoms with Gasteiger partial charge in [0.1, 0.15) is 11.6 Å². The maximum absolute atomic E-state index is 11.9. The van der Waals surface area contributed by atoms with E-state index in [1.165, 1.54) is 0 Å². The fraction of sp³-hybridized carbons (Fsp3) is 0.375. The third-order valence-corrected chi connectivity index (χ3v) is 4.93. The molecule has 1 aromatic carbocycles. The molecule has 1 atom stereocenters. The summed E-state index contributed by atoms with van der Waals surface area (Å²) in [6.45, 7) is 0.551. The highest BCUT2D eigenvalue weighted by atomic mass is 32.2. The maximum Gasteiger partial charge on any atom is 0.313 e. The zero-order valence-corrected chi connectivity index (χ0v) is 14.7.